The summed E-state index contributed by atoms with van der Waals surface area (Å²) >= 11 is 0. The Kier molecular flexibility index (Phi) is 73.2. The number of rotatable bonds is 81. The van der Waals surface area contributed by atoms with E-state index < -0.39 is 97.5 Å². The molecule has 608 valence electrons. The number of ether oxygens (including phenoxy) is 4. The molecular weight excluding hydrogens is 1340 g/mol. The molecule has 17 nitrogen and oxygen atoms in total. The van der Waals surface area contributed by atoms with Crippen molar-refractivity contribution in [2.75, 3.05) is 39.6 Å². The Labute approximate surface area is 631 Å². The van der Waals surface area contributed by atoms with E-state index in [0.29, 0.717) is 31.6 Å². The lowest BCUT2D eigenvalue weighted by Gasteiger charge is -2.21. The summed E-state index contributed by atoms with van der Waals surface area (Å²) in [4.78, 5) is 73.1. The molecule has 103 heavy (non-hydrogen) atoms. The van der Waals surface area contributed by atoms with Gasteiger partial charge in [-0.15, -0.1) is 0 Å². The molecule has 0 aliphatic rings. The number of unbranched alkanes of at least 4 members (excludes halogenated alkanes) is 48. The van der Waals surface area contributed by atoms with Gasteiger partial charge in [-0.3, -0.25) is 37.3 Å². The molecule has 0 heterocycles. The SMILES string of the molecule is CCCCCC/C=C\C=C/CCCCCCCC(=O)O[C@H](COC(=O)CCCCCCCCCC(C)C)COP(=O)(O)OC[C@H](O)COP(=O)(O)OC[C@@H](COC(=O)CCCCCCCCCCCCCCCCCC(C)C)OC(=O)CCCCCCCCCCCCCCCCCCCCCC. The van der Waals surface area contributed by atoms with Crippen molar-refractivity contribution >= 4 is 39.5 Å². The molecule has 0 aromatic heterocycles. The highest BCUT2D eigenvalue weighted by Crippen LogP contribution is 2.45. The number of aliphatic hydroxyl groups excluding tert-OH is 1. The Balaban J connectivity index is 5.26. The van der Waals surface area contributed by atoms with Crippen molar-refractivity contribution in [1.82, 2.24) is 0 Å². The number of hydrogen-bond donors (Lipinski definition) is 3. The number of aliphatic hydroxyl groups is 1. The third-order valence-electron chi connectivity index (χ3n) is 19.1. The van der Waals surface area contributed by atoms with E-state index in [-0.39, 0.29) is 25.7 Å². The molecule has 0 rings (SSSR count). The van der Waals surface area contributed by atoms with Crippen molar-refractivity contribution in [2.45, 2.75) is 439 Å². The predicted octanol–water partition coefficient (Wildman–Crippen LogP) is 25.0. The van der Waals surface area contributed by atoms with Gasteiger partial charge in [0.1, 0.15) is 19.3 Å². The Hall–Kier alpha value is -2.46. The molecule has 0 aliphatic carbocycles. The summed E-state index contributed by atoms with van der Waals surface area (Å²) in [6.45, 7) is 9.55. The van der Waals surface area contributed by atoms with Crippen LogP contribution < -0.4 is 0 Å². The highest BCUT2D eigenvalue weighted by molar-refractivity contribution is 7.47. The van der Waals surface area contributed by atoms with Crippen molar-refractivity contribution in [3.8, 4) is 0 Å². The lowest BCUT2D eigenvalue weighted by Crippen LogP contribution is -2.30. The largest absolute Gasteiger partial charge is 0.472 e. The van der Waals surface area contributed by atoms with Gasteiger partial charge < -0.3 is 33.8 Å². The van der Waals surface area contributed by atoms with Crippen molar-refractivity contribution in [1.29, 1.82) is 0 Å². The molecule has 0 bridgehead atoms. The molecule has 3 N–H and O–H groups in total. The molecule has 5 atom stereocenters. The molecule has 0 fully saturated rings. The quantitative estimate of drug-likeness (QED) is 0.0169. The summed E-state index contributed by atoms with van der Waals surface area (Å²) in [5, 5.41) is 10.7. The van der Waals surface area contributed by atoms with Crippen LogP contribution in [0.2, 0.25) is 0 Å². The fourth-order valence-corrected chi connectivity index (χ4v) is 14.1. The Morgan fingerprint density at radius 1 is 0.301 bits per heavy atom. The zero-order chi connectivity index (χ0) is 75.6. The average molecular weight is 1500 g/mol. The van der Waals surface area contributed by atoms with Crippen LogP contribution in [-0.2, 0) is 65.4 Å². The van der Waals surface area contributed by atoms with Gasteiger partial charge in [0.2, 0.25) is 0 Å². The van der Waals surface area contributed by atoms with Crippen LogP contribution in [-0.4, -0.2) is 96.7 Å². The van der Waals surface area contributed by atoms with Gasteiger partial charge in [0, 0.05) is 25.7 Å². The summed E-state index contributed by atoms with van der Waals surface area (Å²) in [6.07, 6.45) is 69.0. The maximum Gasteiger partial charge on any atom is 0.472 e. The van der Waals surface area contributed by atoms with Gasteiger partial charge in [0.25, 0.3) is 0 Å². The molecular formula is C84H160O17P2. The highest BCUT2D eigenvalue weighted by Gasteiger charge is 2.30. The van der Waals surface area contributed by atoms with Gasteiger partial charge in [-0.2, -0.15) is 0 Å². The van der Waals surface area contributed by atoms with Gasteiger partial charge >= 0.3 is 39.5 Å². The van der Waals surface area contributed by atoms with Crippen molar-refractivity contribution in [3.05, 3.63) is 24.3 Å². The van der Waals surface area contributed by atoms with Crippen LogP contribution in [0.4, 0.5) is 0 Å². The summed E-state index contributed by atoms with van der Waals surface area (Å²) < 4.78 is 68.7. The van der Waals surface area contributed by atoms with E-state index in [2.05, 4.69) is 65.8 Å². The molecule has 0 radical (unpaired) electrons. The molecule has 0 aromatic carbocycles. The summed E-state index contributed by atoms with van der Waals surface area (Å²) in [5.41, 5.74) is 0. The Bertz CT molecular complexity index is 2070. The van der Waals surface area contributed by atoms with Crippen LogP contribution in [0.1, 0.15) is 420 Å². The third-order valence-corrected chi connectivity index (χ3v) is 21.0. The normalized spacial score (nSPS) is 14.0. The van der Waals surface area contributed by atoms with E-state index in [1.165, 1.54) is 218 Å². The zero-order valence-corrected chi connectivity index (χ0v) is 68.9. The van der Waals surface area contributed by atoms with Gasteiger partial charge in [-0.1, -0.05) is 368 Å². The zero-order valence-electron chi connectivity index (χ0n) is 67.1. The number of carbonyl (C=O) groups excluding carboxylic acids is 4. The minimum absolute atomic E-state index is 0.0845. The molecule has 2 unspecified atom stereocenters. The molecule has 0 saturated heterocycles. The standard InChI is InChI=1S/C84H160O17P2/c1-7-9-11-13-15-17-19-21-23-24-25-26-27-31-36-40-44-50-57-63-69-83(88)100-79(72-94-81(86)66-60-54-48-42-38-34-32-28-30-33-37-41-46-52-58-64-76(3)4)74-98-102(90,91)96-70-78(85)71-97-103(92,93)99-75-80(73-95-82(87)67-61-55-51-45-47-53-59-65-77(5)6)101-84(89)68-62-56-49-43-39-35-29-22-20-18-16-14-12-10-8-2/h18,20,22,29,76-80,85H,7-17,19,21,23-28,30-75H2,1-6H3,(H,90,91)(H,92,93)/b20-18-,29-22-/t78-,79-,80-/m1/s1. The first-order valence-corrected chi connectivity index (χ1v) is 45.8. The first-order chi connectivity index (χ1) is 49.9. The Morgan fingerprint density at radius 3 is 0.796 bits per heavy atom. The Morgan fingerprint density at radius 2 is 0.524 bits per heavy atom. The van der Waals surface area contributed by atoms with Gasteiger partial charge in [0.05, 0.1) is 26.4 Å². The second kappa shape index (κ2) is 75.0. The van der Waals surface area contributed by atoms with Crippen molar-refractivity contribution in [3.63, 3.8) is 0 Å². The van der Waals surface area contributed by atoms with Crippen molar-refractivity contribution < 1.29 is 80.2 Å². The smallest absolute Gasteiger partial charge is 0.462 e. The third kappa shape index (κ3) is 77.5. The van der Waals surface area contributed by atoms with Gasteiger partial charge in [-0.25, -0.2) is 9.13 Å². The maximum absolute atomic E-state index is 13.1. The van der Waals surface area contributed by atoms with E-state index in [0.717, 1.165) is 115 Å². The number of esters is 4. The average Bonchev–Trinajstić information content (AvgIpc) is 0.912. The number of phosphoric acid groups is 2. The van der Waals surface area contributed by atoms with Crippen LogP contribution in [0.15, 0.2) is 24.3 Å². The van der Waals surface area contributed by atoms with Gasteiger partial charge in [0.15, 0.2) is 12.2 Å². The van der Waals surface area contributed by atoms with Gasteiger partial charge in [-0.05, 0) is 63.2 Å². The summed E-state index contributed by atoms with van der Waals surface area (Å²) in [6, 6.07) is 0. The minimum Gasteiger partial charge on any atom is -0.462 e. The van der Waals surface area contributed by atoms with Crippen LogP contribution in [0.25, 0.3) is 0 Å². The monoisotopic (exact) mass is 1500 g/mol. The van der Waals surface area contributed by atoms with Crippen molar-refractivity contribution in [2.24, 2.45) is 11.8 Å². The number of carbonyl (C=O) groups is 4. The molecule has 0 aromatic rings. The van der Waals surface area contributed by atoms with Crippen LogP contribution in [0.5, 0.6) is 0 Å². The molecule has 0 saturated carbocycles. The second-order valence-electron chi connectivity index (χ2n) is 30.5. The number of phosphoric ester groups is 2. The van der Waals surface area contributed by atoms with E-state index in [9.17, 15) is 43.2 Å². The lowest BCUT2D eigenvalue weighted by molar-refractivity contribution is -0.161. The fourth-order valence-electron chi connectivity index (χ4n) is 12.5. The first kappa shape index (κ1) is 101. The van der Waals surface area contributed by atoms with Crippen LogP contribution in [0.3, 0.4) is 0 Å². The molecule has 0 aliphatic heterocycles. The number of hydrogen-bond acceptors (Lipinski definition) is 15. The summed E-state index contributed by atoms with van der Waals surface area (Å²) in [7, 11) is -9.94. The van der Waals surface area contributed by atoms with E-state index in [1.807, 2.05) is 0 Å². The lowest BCUT2D eigenvalue weighted by atomic mass is 10.0. The molecule has 0 spiro atoms. The van der Waals surface area contributed by atoms with Crippen LogP contribution in [0, 0.1) is 11.8 Å². The maximum atomic E-state index is 13.1. The minimum atomic E-state index is -4.97. The summed E-state index contributed by atoms with van der Waals surface area (Å²) in [5.74, 6) is -0.630. The van der Waals surface area contributed by atoms with Crippen LogP contribution >= 0.6 is 15.6 Å². The number of allylic oxidation sites excluding steroid dienone is 4. The predicted molar refractivity (Wildman–Crippen MR) is 423 cm³/mol. The topological polar surface area (TPSA) is 237 Å². The van der Waals surface area contributed by atoms with E-state index in [4.69, 9.17) is 37.0 Å². The first-order valence-electron chi connectivity index (χ1n) is 42.8. The highest BCUT2D eigenvalue weighted by atomic mass is 31.2. The van der Waals surface area contributed by atoms with E-state index >= 15 is 0 Å². The molecule has 0 amide bonds. The fraction of sp³-hybridized carbons (Fsp3) is 0.905. The second-order valence-corrected chi connectivity index (χ2v) is 33.4. The van der Waals surface area contributed by atoms with E-state index in [1.54, 1.807) is 0 Å². The molecule has 19 heteroatoms.